The summed E-state index contributed by atoms with van der Waals surface area (Å²) in [4.78, 5) is 0. The zero-order chi connectivity index (χ0) is 0. The zero-order valence-electron chi connectivity index (χ0n) is 1.66. The first-order chi connectivity index (χ1) is 0. The standard InChI is InChI=1S/Bi.Cr.Fe.Nb. The van der Waals surface area contributed by atoms with Gasteiger partial charge in [-0.3, -0.25) is 0 Å². The van der Waals surface area contributed by atoms with Crippen LogP contribution in [0.15, 0.2) is 0 Å². The molecule has 0 heterocycles. The van der Waals surface area contributed by atoms with Gasteiger partial charge in [-0.25, -0.2) is 0 Å². The molecular weight excluding hydrogens is 410 g/mol. The zero-order valence-corrected chi connectivity index (χ0v) is 9.71. The third-order valence-corrected chi connectivity index (χ3v) is 0. The van der Waals surface area contributed by atoms with Crippen molar-refractivity contribution in [1.82, 2.24) is 0 Å². The first-order valence-corrected chi connectivity index (χ1v) is 0. The Morgan fingerprint density at radius 1 is 1.00 bits per heavy atom. The summed E-state index contributed by atoms with van der Waals surface area (Å²) in [7, 11) is 0. The molecule has 0 bridgehead atoms. The van der Waals surface area contributed by atoms with Crippen LogP contribution in [0, 0.1) is 0 Å². The molecule has 4 heteroatoms. The van der Waals surface area contributed by atoms with Gasteiger partial charge in [0.25, 0.3) is 0 Å². The molecule has 0 saturated heterocycles. The molecule has 4 heavy (non-hydrogen) atoms. The largest absolute Gasteiger partial charge is 0 e. The van der Waals surface area contributed by atoms with Crippen LogP contribution in [0.3, 0.4) is 0 Å². The molecule has 0 unspecified atom stereocenters. The Labute approximate surface area is 81.7 Å². The van der Waals surface area contributed by atoms with Crippen molar-refractivity contribution in [2.45, 2.75) is 0 Å². The molecule has 0 amide bonds. The maximum atomic E-state index is 0. The molecule has 0 aliphatic rings. The fraction of sp³-hybridized carbons (Fsp3) is 0. The average Bonchev–Trinajstić information content (AvgIpc) is 0. The van der Waals surface area contributed by atoms with E-state index < -0.39 is 0 Å². The summed E-state index contributed by atoms with van der Waals surface area (Å²) < 4.78 is 0. The van der Waals surface area contributed by atoms with Crippen molar-refractivity contribution < 1.29 is 56.8 Å². The quantitative estimate of drug-likeness (QED) is 0.478. The Kier molecular flexibility index (Phi) is 130. The van der Waals surface area contributed by atoms with E-state index >= 15 is 0 Å². The van der Waals surface area contributed by atoms with Crippen LogP contribution in [0.2, 0.25) is 0 Å². The summed E-state index contributed by atoms with van der Waals surface area (Å²) in [6.07, 6.45) is 0. The predicted molar refractivity (Wildman–Crippen MR) is 5.75 cm³/mol. The Bertz CT molecular complexity index is 8.00. The average molecular weight is 410 g/mol. The fourth-order valence-electron chi connectivity index (χ4n) is 0. The Morgan fingerprint density at radius 2 is 1.00 bits per heavy atom. The monoisotopic (exact) mass is 410 g/mol. The summed E-state index contributed by atoms with van der Waals surface area (Å²) in [6, 6.07) is 0. The second-order valence-electron chi connectivity index (χ2n) is 0. The molecule has 0 saturated carbocycles. The van der Waals surface area contributed by atoms with Gasteiger partial charge in [0.1, 0.15) is 0 Å². The van der Waals surface area contributed by atoms with Crippen molar-refractivity contribution in [3.8, 4) is 0 Å². The molecule has 0 N–H and O–H groups in total. The van der Waals surface area contributed by atoms with Crippen LogP contribution in [0.5, 0.6) is 0 Å². The molecule has 0 fully saturated rings. The molecule has 0 aromatic heterocycles. The summed E-state index contributed by atoms with van der Waals surface area (Å²) >= 11 is 0. The van der Waals surface area contributed by atoms with Gasteiger partial charge >= 0.3 is 0 Å². The van der Waals surface area contributed by atoms with Gasteiger partial charge in [0.2, 0.25) is 0 Å². The summed E-state index contributed by atoms with van der Waals surface area (Å²) in [5.41, 5.74) is 0. The summed E-state index contributed by atoms with van der Waals surface area (Å²) in [5.74, 6) is 0. The molecule has 0 atom stereocenters. The molecule has 0 nitrogen and oxygen atoms in total. The van der Waals surface area contributed by atoms with E-state index in [1.807, 2.05) is 0 Å². The number of hydrogen-bond donors (Lipinski definition) is 0. The second kappa shape index (κ2) is 17.3. The van der Waals surface area contributed by atoms with Crippen molar-refractivity contribution in [3.05, 3.63) is 0 Å². The van der Waals surface area contributed by atoms with Crippen LogP contribution < -0.4 is 0 Å². The third kappa shape index (κ3) is 8.82. The van der Waals surface area contributed by atoms with Crippen LogP contribution in [0.4, 0.5) is 0 Å². The van der Waals surface area contributed by atoms with Crippen LogP contribution in [0.25, 0.3) is 0 Å². The molecule has 0 aromatic carbocycles. The van der Waals surface area contributed by atoms with E-state index in [4.69, 9.17) is 0 Å². The molecular formula is BiCrFeNb. The number of hydrogen-bond acceptors (Lipinski definition) is 0. The Morgan fingerprint density at radius 3 is 1.00 bits per heavy atom. The van der Waals surface area contributed by atoms with E-state index in [-0.39, 0.29) is 83.0 Å². The van der Waals surface area contributed by atoms with E-state index in [0.717, 1.165) is 0 Å². The van der Waals surface area contributed by atoms with Crippen LogP contribution in [-0.4, -0.2) is 26.2 Å². The van der Waals surface area contributed by atoms with Crippen molar-refractivity contribution in [2.75, 3.05) is 0 Å². The van der Waals surface area contributed by atoms with Gasteiger partial charge < -0.3 is 0 Å². The SMILES string of the molecule is [Bi].[Cr].[Fe].[Nb]. The third-order valence-electron chi connectivity index (χ3n) is 0. The molecule has 0 spiro atoms. The van der Waals surface area contributed by atoms with Gasteiger partial charge in [-0.2, -0.15) is 0 Å². The van der Waals surface area contributed by atoms with Gasteiger partial charge in [-0.1, -0.05) is 0 Å². The minimum absolute atomic E-state index is 0. The molecule has 0 rings (SSSR count). The van der Waals surface area contributed by atoms with Crippen LogP contribution in [0.1, 0.15) is 0 Å². The van der Waals surface area contributed by atoms with E-state index in [9.17, 15) is 0 Å². The Hall–Kier alpha value is 2.68. The Balaban J connectivity index is 0. The molecule has 0 aliphatic heterocycles. The number of rotatable bonds is 0. The topological polar surface area (TPSA) is 0 Å². The van der Waals surface area contributed by atoms with E-state index in [1.54, 1.807) is 0 Å². The summed E-state index contributed by atoms with van der Waals surface area (Å²) in [6.45, 7) is 0. The maximum Gasteiger partial charge on any atom is 0 e. The van der Waals surface area contributed by atoms with E-state index in [1.165, 1.54) is 0 Å². The van der Waals surface area contributed by atoms with Crippen molar-refractivity contribution in [2.24, 2.45) is 0 Å². The first-order valence-electron chi connectivity index (χ1n) is 0. The van der Waals surface area contributed by atoms with Crippen molar-refractivity contribution in [1.29, 1.82) is 0 Å². The van der Waals surface area contributed by atoms with Gasteiger partial charge in [0, 0.05) is 83.0 Å². The fourth-order valence-corrected chi connectivity index (χ4v) is 0. The summed E-state index contributed by atoms with van der Waals surface area (Å²) in [5, 5.41) is 0. The van der Waals surface area contributed by atoms with Crippen molar-refractivity contribution >= 4 is 26.2 Å². The van der Waals surface area contributed by atoms with E-state index in [0.29, 0.717) is 0 Å². The predicted octanol–water partition coefficient (Wildman–Crippen LogP) is -0.388. The van der Waals surface area contributed by atoms with Gasteiger partial charge in [0.05, 0.1) is 0 Å². The van der Waals surface area contributed by atoms with Crippen molar-refractivity contribution in [3.63, 3.8) is 0 Å². The smallest absolute Gasteiger partial charge is 0 e. The molecule has 4 radical (unpaired) electrons. The van der Waals surface area contributed by atoms with E-state index in [2.05, 4.69) is 0 Å². The second-order valence-corrected chi connectivity index (χ2v) is 0. The van der Waals surface area contributed by atoms with Crippen LogP contribution in [-0.2, 0) is 56.8 Å². The minimum Gasteiger partial charge on any atom is 0 e. The van der Waals surface area contributed by atoms with Gasteiger partial charge in [-0.05, 0) is 0 Å². The van der Waals surface area contributed by atoms with Crippen LogP contribution >= 0.6 is 0 Å². The normalized spacial score (nSPS) is 0. The molecule has 0 aliphatic carbocycles. The van der Waals surface area contributed by atoms with Gasteiger partial charge in [-0.15, -0.1) is 0 Å². The van der Waals surface area contributed by atoms with Gasteiger partial charge in [0.15, 0.2) is 0 Å². The first kappa shape index (κ1) is 30.0. The molecule has 0 aromatic rings. The molecule has 24 valence electrons. The minimum atomic E-state index is 0. The maximum absolute atomic E-state index is 0.